The number of nitro groups is 1. The van der Waals surface area contributed by atoms with Gasteiger partial charge in [0, 0.05) is 19.2 Å². The Morgan fingerprint density at radius 1 is 1.29 bits per heavy atom. The molecule has 0 N–H and O–H groups in total. The van der Waals surface area contributed by atoms with E-state index in [4.69, 9.17) is 9.47 Å². The summed E-state index contributed by atoms with van der Waals surface area (Å²) in [5.41, 5.74) is 0.533. The van der Waals surface area contributed by atoms with Gasteiger partial charge in [-0.1, -0.05) is 0 Å². The Morgan fingerprint density at radius 3 is 2.75 bits per heavy atom. The molecule has 28 heavy (non-hydrogen) atoms. The number of fused-ring (bicyclic) bond motifs is 1. The second kappa shape index (κ2) is 7.28. The molecule has 3 heterocycles. The van der Waals surface area contributed by atoms with Gasteiger partial charge in [0.25, 0.3) is 0 Å². The molecule has 2 unspecified atom stereocenters. The monoisotopic (exact) mass is 401 g/mol. The van der Waals surface area contributed by atoms with E-state index >= 15 is 0 Å². The number of nitrogens with zero attached hydrogens (tertiary/aromatic N) is 5. The number of benzene rings is 1. The number of aromatic nitrogens is 3. The average Bonchev–Trinajstić information content (AvgIpc) is 2.99. The van der Waals surface area contributed by atoms with Crippen LogP contribution in [0.4, 0.5) is 11.5 Å². The van der Waals surface area contributed by atoms with Crippen molar-refractivity contribution in [2.75, 3.05) is 18.0 Å². The van der Waals surface area contributed by atoms with Crippen LogP contribution in [0.15, 0.2) is 24.5 Å². The van der Waals surface area contributed by atoms with Gasteiger partial charge >= 0.3 is 11.6 Å². The van der Waals surface area contributed by atoms with Gasteiger partial charge in [-0.2, -0.15) is 4.98 Å². The summed E-state index contributed by atoms with van der Waals surface area (Å²) >= 11 is 1.58. The molecule has 1 aliphatic rings. The number of anilines is 1. The van der Waals surface area contributed by atoms with Gasteiger partial charge in [-0.3, -0.25) is 10.1 Å². The molecule has 2 aromatic heterocycles. The number of morpholine rings is 1. The highest BCUT2D eigenvalue weighted by Crippen LogP contribution is 2.37. The Kier molecular flexibility index (Phi) is 4.82. The van der Waals surface area contributed by atoms with E-state index in [-0.39, 0.29) is 29.6 Å². The smallest absolute Gasteiger partial charge is 0.373 e. The van der Waals surface area contributed by atoms with E-state index in [0.29, 0.717) is 18.8 Å². The lowest BCUT2D eigenvalue weighted by atomic mass is 10.2. The van der Waals surface area contributed by atoms with Crippen molar-refractivity contribution < 1.29 is 14.4 Å². The summed E-state index contributed by atoms with van der Waals surface area (Å²) in [7, 11) is 0. The van der Waals surface area contributed by atoms with Gasteiger partial charge in [0.2, 0.25) is 5.82 Å². The Labute approximate surface area is 165 Å². The first kappa shape index (κ1) is 18.5. The third-order valence-corrected chi connectivity index (χ3v) is 5.30. The second-order valence-electron chi connectivity index (χ2n) is 6.73. The van der Waals surface area contributed by atoms with Crippen LogP contribution < -0.4 is 9.64 Å². The maximum absolute atomic E-state index is 11.8. The summed E-state index contributed by atoms with van der Waals surface area (Å²) in [6.45, 7) is 6.80. The zero-order valence-corrected chi connectivity index (χ0v) is 16.5. The highest BCUT2D eigenvalue weighted by atomic mass is 32.1. The van der Waals surface area contributed by atoms with Crippen LogP contribution in [0.3, 0.4) is 0 Å². The van der Waals surface area contributed by atoms with Crippen molar-refractivity contribution in [1.82, 2.24) is 15.0 Å². The van der Waals surface area contributed by atoms with Crippen molar-refractivity contribution in [3.8, 4) is 11.6 Å². The summed E-state index contributed by atoms with van der Waals surface area (Å²) in [4.78, 5) is 25.8. The maximum atomic E-state index is 11.8. The molecule has 1 saturated heterocycles. The molecule has 0 spiro atoms. The van der Waals surface area contributed by atoms with Crippen LogP contribution in [0.2, 0.25) is 0 Å². The van der Waals surface area contributed by atoms with Gasteiger partial charge in [0.05, 0.1) is 32.4 Å². The summed E-state index contributed by atoms with van der Waals surface area (Å²) in [6, 6.07) is 5.39. The molecule has 0 saturated carbocycles. The van der Waals surface area contributed by atoms with Crippen molar-refractivity contribution in [2.24, 2.45) is 0 Å². The largest absolute Gasteiger partial charge is 0.433 e. The first-order chi connectivity index (χ1) is 13.4. The SMILES string of the molecule is Cc1nc2cc(Oc3ncnc(N4CC(C)OC(C)C4)c3[N+](=O)[O-])ccc2s1. The quantitative estimate of drug-likeness (QED) is 0.481. The van der Waals surface area contributed by atoms with Crippen molar-refractivity contribution in [2.45, 2.75) is 33.0 Å². The highest BCUT2D eigenvalue weighted by Gasteiger charge is 2.32. The molecule has 4 rings (SSSR count). The molecule has 146 valence electrons. The maximum Gasteiger partial charge on any atom is 0.373 e. The molecular weight excluding hydrogens is 382 g/mol. The summed E-state index contributed by atoms with van der Waals surface area (Å²) in [6.07, 6.45) is 1.17. The van der Waals surface area contributed by atoms with Crippen LogP contribution in [0, 0.1) is 17.0 Å². The van der Waals surface area contributed by atoms with Gasteiger partial charge in [-0.05, 0) is 32.9 Å². The molecule has 9 nitrogen and oxygen atoms in total. The third kappa shape index (κ3) is 3.60. The minimum absolute atomic E-state index is 0.0574. The first-order valence-electron chi connectivity index (χ1n) is 8.85. The van der Waals surface area contributed by atoms with Crippen LogP contribution in [-0.2, 0) is 4.74 Å². The van der Waals surface area contributed by atoms with Crippen LogP contribution in [0.1, 0.15) is 18.9 Å². The Balaban J connectivity index is 1.71. The second-order valence-corrected chi connectivity index (χ2v) is 7.97. The minimum atomic E-state index is -0.499. The number of ether oxygens (including phenoxy) is 2. The van der Waals surface area contributed by atoms with Crippen LogP contribution in [0.25, 0.3) is 10.2 Å². The molecule has 0 amide bonds. The van der Waals surface area contributed by atoms with E-state index in [2.05, 4.69) is 15.0 Å². The molecular formula is C18H19N5O4S. The van der Waals surface area contributed by atoms with E-state index in [0.717, 1.165) is 15.2 Å². The summed E-state index contributed by atoms with van der Waals surface area (Å²) in [5.74, 6) is 0.588. The number of hydrogen-bond acceptors (Lipinski definition) is 9. The number of aryl methyl sites for hydroxylation is 1. The number of thiazole rings is 1. The molecule has 2 atom stereocenters. The molecule has 1 fully saturated rings. The van der Waals surface area contributed by atoms with E-state index in [1.807, 2.05) is 31.7 Å². The normalized spacial score (nSPS) is 19.8. The minimum Gasteiger partial charge on any atom is -0.433 e. The Hall–Kier alpha value is -2.85. The van der Waals surface area contributed by atoms with Crippen molar-refractivity contribution in [3.63, 3.8) is 0 Å². The van der Waals surface area contributed by atoms with Crippen molar-refractivity contribution in [1.29, 1.82) is 0 Å². The van der Waals surface area contributed by atoms with Crippen LogP contribution in [-0.4, -0.2) is 45.2 Å². The van der Waals surface area contributed by atoms with Gasteiger partial charge in [0.15, 0.2) is 0 Å². The van der Waals surface area contributed by atoms with Gasteiger partial charge in [-0.15, -0.1) is 11.3 Å². The molecule has 10 heteroatoms. The van der Waals surface area contributed by atoms with Crippen LogP contribution >= 0.6 is 11.3 Å². The van der Waals surface area contributed by atoms with Crippen molar-refractivity contribution in [3.05, 3.63) is 39.6 Å². The van der Waals surface area contributed by atoms with E-state index < -0.39 is 4.92 Å². The van der Waals surface area contributed by atoms with Crippen molar-refractivity contribution >= 4 is 33.1 Å². The average molecular weight is 401 g/mol. The summed E-state index contributed by atoms with van der Waals surface area (Å²) < 4.78 is 12.5. The Morgan fingerprint density at radius 2 is 2.04 bits per heavy atom. The van der Waals surface area contributed by atoms with E-state index in [9.17, 15) is 10.1 Å². The molecule has 0 radical (unpaired) electrons. The lowest BCUT2D eigenvalue weighted by molar-refractivity contribution is -0.385. The predicted molar refractivity (Wildman–Crippen MR) is 105 cm³/mol. The molecule has 0 bridgehead atoms. The lowest BCUT2D eigenvalue weighted by Crippen LogP contribution is -2.46. The predicted octanol–water partition coefficient (Wildman–Crippen LogP) is 3.71. The van der Waals surface area contributed by atoms with E-state index in [1.165, 1.54) is 6.33 Å². The lowest BCUT2D eigenvalue weighted by Gasteiger charge is -2.35. The summed E-state index contributed by atoms with van der Waals surface area (Å²) in [5, 5.41) is 12.8. The highest BCUT2D eigenvalue weighted by molar-refractivity contribution is 7.18. The fraction of sp³-hybridized carbons (Fsp3) is 0.389. The zero-order chi connectivity index (χ0) is 19.8. The van der Waals surface area contributed by atoms with Gasteiger partial charge in [0.1, 0.15) is 12.1 Å². The van der Waals surface area contributed by atoms with E-state index in [1.54, 1.807) is 23.5 Å². The molecule has 0 aliphatic carbocycles. The first-order valence-corrected chi connectivity index (χ1v) is 9.67. The Bertz CT molecular complexity index is 1030. The van der Waals surface area contributed by atoms with Gasteiger partial charge < -0.3 is 14.4 Å². The molecule has 1 aliphatic heterocycles. The third-order valence-electron chi connectivity index (χ3n) is 4.35. The number of rotatable bonds is 4. The molecule has 3 aromatic rings. The topological polar surface area (TPSA) is 104 Å². The van der Waals surface area contributed by atoms with Gasteiger partial charge in [-0.25, -0.2) is 9.97 Å². The standard InChI is InChI=1S/C18H19N5O4S/c1-10-7-22(8-11(2)26-10)17-16(23(24)25)18(20-9-19-17)27-13-4-5-15-14(6-13)21-12(3)28-15/h4-6,9-11H,7-8H2,1-3H3. The van der Waals surface area contributed by atoms with Crippen LogP contribution in [0.5, 0.6) is 11.6 Å². The fourth-order valence-electron chi connectivity index (χ4n) is 3.37. The fourth-order valence-corrected chi connectivity index (χ4v) is 4.18. The molecule has 1 aromatic carbocycles. The zero-order valence-electron chi connectivity index (χ0n) is 15.7. The number of hydrogen-bond donors (Lipinski definition) is 0.